The Labute approximate surface area is 98.9 Å². The van der Waals surface area contributed by atoms with Crippen LogP contribution in [0.1, 0.15) is 64.2 Å². The summed E-state index contributed by atoms with van der Waals surface area (Å²) >= 11 is 0. The highest BCUT2D eigenvalue weighted by molar-refractivity contribution is 5.26. The van der Waals surface area contributed by atoms with Gasteiger partial charge in [0.05, 0.1) is 6.10 Å². The summed E-state index contributed by atoms with van der Waals surface area (Å²) < 4.78 is 0. The van der Waals surface area contributed by atoms with Gasteiger partial charge in [-0.25, -0.2) is 0 Å². The van der Waals surface area contributed by atoms with Crippen molar-refractivity contribution in [3.63, 3.8) is 0 Å². The van der Waals surface area contributed by atoms with Crippen LogP contribution in [0.4, 0.5) is 0 Å². The SMILES string of the molecule is OC1CCCCC2=C3CCCCC3CCC21. The summed E-state index contributed by atoms with van der Waals surface area (Å²) in [6.45, 7) is 0. The van der Waals surface area contributed by atoms with Gasteiger partial charge in [0.2, 0.25) is 0 Å². The molecule has 0 spiro atoms. The van der Waals surface area contributed by atoms with Crippen molar-refractivity contribution in [1.29, 1.82) is 0 Å². The maximum atomic E-state index is 10.2. The summed E-state index contributed by atoms with van der Waals surface area (Å²) in [5.74, 6) is 1.46. The molecule has 1 N–H and O–H groups in total. The Morgan fingerprint density at radius 3 is 2.38 bits per heavy atom. The van der Waals surface area contributed by atoms with Gasteiger partial charge in [-0.3, -0.25) is 0 Å². The van der Waals surface area contributed by atoms with E-state index in [0.717, 1.165) is 12.3 Å². The third-order valence-corrected chi connectivity index (χ3v) is 5.09. The van der Waals surface area contributed by atoms with E-state index in [9.17, 15) is 5.11 Å². The largest absolute Gasteiger partial charge is 0.393 e. The Morgan fingerprint density at radius 1 is 0.750 bits per heavy atom. The van der Waals surface area contributed by atoms with Crippen LogP contribution in [0.25, 0.3) is 0 Å². The van der Waals surface area contributed by atoms with E-state index in [-0.39, 0.29) is 6.10 Å². The zero-order chi connectivity index (χ0) is 11.0. The molecule has 3 unspecified atom stereocenters. The molecule has 3 atom stereocenters. The smallest absolute Gasteiger partial charge is 0.0605 e. The highest BCUT2D eigenvalue weighted by Gasteiger charge is 2.35. The van der Waals surface area contributed by atoms with Gasteiger partial charge in [-0.1, -0.05) is 24.0 Å². The Balaban J connectivity index is 1.92. The van der Waals surface area contributed by atoms with Gasteiger partial charge in [0.15, 0.2) is 0 Å². The Morgan fingerprint density at radius 2 is 1.50 bits per heavy atom. The van der Waals surface area contributed by atoms with E-state index < -0.39 is 0 Å². The number of allylic oxidation sites excluding steroid dienone is 1. The second-order valence-corrected chi connectivity index (χ2v) is 5.99. The molecule has 1 nitrogen and oxygen atoms in total. The van der Waals surface area contributed by atoms with Crippen LogP contribution in [0.3, 0.4) is 0 Å². The van der Waals surface area contributed by atoms with Crippen molar-refractivity contribution in [3.05, 3.63) is 11.1 Å². The lowest BCUT2D eigenvalue weighted by molar-refractivity contribution is 0.104. The predicted molar refractivity (Wildman–Crippen MR) is 66.2 cm³/mol. The van der Waals surface area contributed by atoms with Gasteiger partial charge < -0.3 is 5.11 Å². The van der Waals surface area contributed by atoms with Gasteiger partial charge in [-0.05, 0) is 57.3 Å². The maximum absolute atomic E-state index is 10.2. The Hall–Kier alpha value is -0.300. The molecule has 0 amide bonds. The van der Waals surface area contributed by atoms with Crippen molar-refractivity contribution < 1.29 is 5.11 Å². The monoisotopic (exact) mass is 220 g/mol. The van der Waals surface area contributed by atoms with E-state index in [0.29, 0.717) is 5.92 Å². The predicted octanol–water partition coefficient (Wildman–Crippen LogP) is 3.82. The quantitative estimate of drug-likeness (QED) is 0.615. The van der Waals surface area contributed by atoms with Crippen molar-refractivity contribution in [2.45, 2.75) is 70.3 Å². The number of aliphatic hydroxyl groups is 1. The molecule has 3 aliphatic carbocycles. The van der Waals surface area contributed by atoms with Crippen LogP contribution in [0, 0.1) is 11.8 Å². The molecule has 0 aliphatic heterocycles. The number of rotatable bonds is 0. The van der Waals surface area contributed by atoms with Crippen molar-refractivity contribution >= 4 is 0 Å². The molecule has 16 heavy (non-hydrogen) atoms. The minimum absolute atomic E-state index is 0.0205. The molecule has 0 heterocycles. The molecule has 0 saturated heterocycles. The van der Waals surface area contributed by atoms with Crippen LogP contribution in [0.2, 0.25) is 0 Å². The van der Waals surface area contributed by atoms with E-state index >= 15 is 0 Å². The molecule has 0 aromatic rings. The van der Waals surface area contributed by atoms with Crippen LogP contribution in [-0.4, -0.2) is 11.2 Å². The van der Waals surface area contributed by atoms with E-state index in [1.54, 1.807) is 11.1 Å². The topological polar surface area (TPSA) is 20.2 Å². The highest BCUT2D eigenvalue weighted by atomic mass is 16.3. The van der Waals surface area contributed by atoms with Gasteiger partial charge in [0, 0.05) is 5.92 Å². The van der Waals surface area contributed by atoms with E-state index in [2.05, 4.69) is 0 Å². The normalized spacial score (nSPS) is 39.9. The molecule has 3 aliphatic rings. The minimum atomic E-state index is -0.0205. The lowest BCUT2D eigenvalue weighted by Gasteiger charge is -2.38. The van der Waals surface area contributed by atoms with Crippen molar-refractivity contribution in [2.75, 3.05) is 0 Å². The molecule has 0 aromatic carbocycles. The summed E-state index contributed by atoms with van der Waals surface area (Å²) in [7, 11) is 0. The molecule has 2 fully saturated rings. The van der Waals surface area contributed by atoms with Gasteiger partial charge in [-0.2, -0.15) is 0 Å². The average molecular weight is 220 g/mol. The molecule has 2 saturated carbocycles. The third kappa shape index (κ3) is 1.84. The third-order valence-electron chi connectivity index (χ3n) is 5.09. The van der Waals surface area contributed by atoms with Crippen LogP contribution in [-0.2, 0) is 0 Å². The van der Waals surface area contributed by atoms with Crippen LogP contribution >= 0.6 is 0 Å². The Kier molecular flexibility index (Phi) is 3.06. The molecule has 3 rings (SSSR count). The first kappa shape index (κ1) is 10.8. The van der Waals surface area contributed by atoms with Crippen molar-refractivity contribution in [3.8, 4) is 0 Å². The van der Waals surface area contributed by atoms with Gasteiger partial charge in [0.1, 0.15) is 0 Å². The summed E-state index contributed by atoms with van der Waals surface area (Å²) in [5.41, 5.74) is 3.50. The lowest BCUT2D eigenvalue weighted by Crippen LogP contribution is -2.29. The zero-order valence-electron chi connectivity index (χ0n) is 10.3. The van der Waals surface area contributed by atoms with Crippen molar-refractivity contribution in [2.24, 2.45) is 11.8 Å². The standard InChI is InChI=1S/C15H24O/c16-15-8-4-3-7-13-12-6-2-1-5-11(12)9-10-14(13)15/h11,14-16H,1-10H2. The number of hydrogen-bond donors (Lipinski definition) is 1. The summed E-state index contributed by atoms with van der Waals surface area (Å²) in [4.78, 5) is 0. The number of hydrogen-bond acceptors (Lipinski definition) is 1. The molecular weight excluding hydrogens is 196 g/mol. The van der Waals surface area contributed by atoms with E-state index in [1.165, 1.54) is 57.8 Å². The maximum Gasteiger partial charge on any atom is 0.0605 e. The molecule has 0 radical (unpaired) electrons. The summed E-state index contributed by atoms with van der Waals surface area (Å²) in [6, 6.07) is 0. The highest BCUT2D eigenvalue weighted by Crippen LogP contribution is 2.46. The van der Waals surface area contributed by atoms with Crippen LogP contribution in [0.5, 0.6) is 0 Å². The first-order valence-corrected chi connectivity index (χ1v) is 7.26. The van der Waals surface area contributed by atoms with Gasteiger partial charge in [-0.15, -0.1) is 0 Å². The minimum Gasteiger partial charge on any atom is -0.393 e. The Bertz CT molecular complexity index is 292. The fourth-order valence-electron chi connectivity index (χ4n) is 4.26. The average Bonchev–Trinajstić information content (AvgIpc) is 2.52. The second-order valence-electron chi connectivity index (χ2n) is 5.99. The fraction of sp³-hybridized carbons (Fsp3) is 0.867. The lowest BCUT2D eigenvalue weighted by atomic mass is 9.69. The number of aliphatic hydroxyl groups excluding tert-OH is 1. The van der Waals surface area contributed by atoms with Gasteiger partial charge >= 0.3 is 0 Å². The molecule has 1 heteroatoms. The first-order chi connectivity index (χ1) is 7.86. The van der Waals surface area contributed by atoms with Gasteiger partial charge in [0.25, 0.3) is 0 Å². The molecule has 0 bridgehead atoms. The second kappa shape index (κ2) is 4.52. The fourth-order valence-corrected chi connectivity index (χ4v) is 4.26. The molecule has 90 valence electrons. The first-order valence-electron chi connectivity index (χ1n) is 7.26. The molecule has 0 aromatic heterocycles. The zero-order valence-corrected chi connectivity index (χ0v) is 10.3. The van der Waals surface area contributed by atoms with E-state index in [1.807, 2.05) is 0 Å². The van der Waals surface area contributed by atoms with E-state index in [4.69, 9.17) is 0 Å². The van der Waals surface area contributed by atoms with Crippen LogP contribution in [0.15, 0.2) is 11.1 Å². The molecular formula is C15H24O. The van der Waals surface area contributed by atoms with Crippen molar-refractivity contribution in [1.82, 2.24) is 0 Å². The summed E-state index contributed by atoms with van der Waals surface area (Å²) in [5, 5.41) is 10.2. The van der Waals surface area contributed by atoms with Crippen LogP contribution < -0.4 is 0 Å². The summed E-state index contributed by atoms with van der Waals surface area (Å²) in [6.07, 6.45) is 13.1. The number of fused-ring (bicyclic) bond motifs is 2.